The van der Waals surface area contributed by atoms with Gasteiger partial charge in [0.2, 0.25) is 0 Å². The minimum atomic E-state index is -0.386. The molecule has 50 valence electrons. The molecule has 1 heteroatoms. The van der Waals surface area contributed by atoms with Gasteiger partial charge in [-0.25, -0.2) is 0 Å². The summed E-state index contributed by atoms with van der Waals surface area (Å²) in [6, 6.07) is 0. The molecule has 1 heterocycles. The Balaban J connectivity index is 2.42. The molecular weight excluding hydrogens is 112 g/mol. The van der Waals surface area contributed by atoms with Crippen LogP contribution in [0.3, 0.4) is 0 Å². The van der Waals surface area contributed by atoms with Gasteiger partial charge in [-0.2, -0.15) is 0 Å². The van der Waals surface area contributed by atoms with Crippen molar-refractivity contribution in [3.05, 3.63) is 25.0 Å². The van der Waals surface area contributed by atoms with Crippen LogP contribution in [0.5, 0.6) is 0 Å². The lowest BCUT2D eigenvalue weighted by atomic mass is 10.0. The van der Waals surface area contributed by atoms with E-state index < -0.39 is 0 Å². The number of allylic oxidation sites excluding steroid dienone is 2. The summed E-state index contributed by atoms with van der Waals surface area (Å²) in [4.78, 5) is 0. The van der Waals surface area contributed by atoms with Gasteiger partial charge < -0.3 is 4.74 Å². The zero-order chi connectivity index (χ0) is 7.40. The minimum absolute atomic E-state index is 0.308. The van der Waals surface area contributed by atoms with Gasteiger partial charge in [0, 0.05) is 0 Å². The summed E-state index contributed by atoms with van der Waals surface area (Å²) in [6.45, 7) is 3.24. The lowest BCUT2D eigenvalue weighted by Gasteiger charge is -2.15. The standard InChI is InChI=1S/C8H12O/c1-2-4-8-5-3-6-9-7-8/h2-3,6,8H,1,4-5,7H2/i7D. The van der Waals surface area contributed by atoms with E-state index in [1.165, 1.54) is 0 Å². The van der Waals surface area contributed by atoms with Crippen LogP contribution in [-0.2, 0) is 4.74 Å². The summed E-state index contributed by atoms with van der Waals surface area (Å²) in [5, 5.41) is 0. The summed E-state index contributed by atoms with van der Waals surface area (Å²) in [5.41, 5.74) is 0. The molecule has 0 aromatic heterocycles. The monoisotopic (exact) mass is 125 g/mol. The van der Waals surface area contributed by atoms with E-state index >= 15 is 0 Å². The Bertz CT molecular complexity index is 142. The van der Waals surface area contributed by atoms with Gasteiger partial charge in [-0.15, -0.1) is 6.58 Å². The maximum absolute atomic E-state index is 7.41. The first-order valence-corrected chi connectivity index (χ1v) is 3.18. The third-order valence-corrected chi connectivity index (χ3v) is 1.35. The van der Waals surface area contributed by atoms with Gasteiger partial charge in [0.25, 0.3) is 0 Å². The Hall–Kier alpha value is -0.720. The van der Waals surface area contributed by atoms with E-state index in [1.807, 2.05) is 12.2 Å². The molecule has 1 nitrogen and oxygen atoms in total. The smallest absolute Gasteiger partial charge is 0.0907 e. The summed E-state index contributed by atoms with van der Waals surface area (Å²) in [5.74, 6) is 0.308. The lowest BCUT2D eigenvalue weighted by Crippen LogP contribution is -2.08. The van der Waals surface area contributed by atoms with Crippen molar-refractivity contribution in [2.24, 2.45) is 5.92 Å². The van der Waals surface area contributed by atoms with E-state index in [1.54, 1.807) is 6.26 Å². The Morgan fingerprint density at radius 3 is 3.56 bits per heavy atom. The molecule has 0 radical (unpaired) electrons. The van der Waals surface area contributed by atoms with E-state index in [9.17, 15) is 0 Å². The van der Waals surface area contributed by atoms with Crippen LogP contribution in [-0.4, -0.2) is 6.58 Å². The van der Waals surface area contributed by atoms with Crippen molar-refractivity contribution >= 4 is 0 Å². The van der Waals surface area contributed by atoms with Crippen molar-refractivity contribution in [3.63, 3.8) is 0 Å². The van der Waals surface area contributed by atoms with Crippen LogP contribution >= 0.6 is 0 Å². The lowest BCUT2D eigenvalue weighted by molar-refractivity contribution is 0.178. The molecule has 0 bridgehead atoms. The van der Waals surface area contributed by atoms with E-state index in [0.29, 0.717) is 5.92 Å². The molecule has 2 atom stereocenters. The van der Waals surface area contributed by atoms with Crippen LogP contribution < -0.4 is 0 Å². The molecule has 0 N–H and O–H groups in total. The summed E-state index contributed by atoms with van der Waals surface area (Å²) < 4.78 is 12.4. The van der Waals surface area contributed by atoms with Crippen molar-refractivity contribution in [1.82, 2.24) is 0 Å². The topological polar surface area (TPSA) is 9.23 Å². The molecule has 2 unspecified atom stereocenters. The summed E-state index contributed by atoms with van der Waals surface area (Å²) in [7, 11) is 0. The fraction of sp³-hybridized carbons (Fsp3) is 0.500. The second kappa shape index (κ2) is 3.33. The van der Waals surface area contributed by atoms with Gasteiger partial charge in [0.15, 0.2) is 0 Å². The maximum atomic E-state index is 7.41. The number of hydrogen-bond donors (Lipinski definition) is 0. The second-order valence-electron chi connectivity index (χ2n) is 2.16. The van der Waals surface area contributed by atoms with Crippen LogP contribution in [0.25, 0.3) is 0 Å². The molecule has 0 aromatic rings. The number of ether oxygens (including phenoxy) is 1. The van der Waals surface area contributed by atoms with Crippen LogP contribution in [0.2, 0.25) is 0 Å². The third-order valence-electron chi connectivity index (χ3n) is 1.35. The molecule has 0 fully saturated rings. The molecule has 0 saturated carbocycles. The average Bonchev–Trinajstić information content (AvgIpc) is 1.94. The maximum Gasteiger partial charge on any atom is 0.0907 e. The highest BCUT2D eigenvalue weighted by molar-refractivity contribution is 4.85. The molecule has 0 amide bonds. The third kappa shape index (κ3) is 1.92. The van der Waals surface area contributed by atoms with Crippen molar-refractivity contribution in [3.8, 4) is 0 Å². The zero-order valence-corrected chi connectivity index (χ0v) is 5.42. The summed E-state index contributed by atoms with van der Waals surface area (Å²) in [6.07, 6.45) is 7.23. The highest BCUT2D eigenvalue weighted by Crippen LogP contribution is 2.14. The predicted molar refractivity (Wildman–Crippen MR) is 38.0 cm³/mol. The molecule has 0 saturated heterocycles. The largest absolute Gasteiger partial charge is 0.501 e. The Morgan fingerprint density at radius 1 is 2.00 bits per heavy atom. The molecule has 1 rings (SSSR count). The summed E-state index contributed by atoms with van der Waals surface area (Å²) >= 11 is 0. The molecule has 9 heavy (non-hydrogen) atoms. The second-order valence-corrected chi connectivity index (χ2v) is 2.16. The van der Waals surface area contributed by atoms with Gasteiger partial charge in [0.1, 0.15) is 0 Å². The molecule has 0 aromatic carbocycles. The zero-order valence-electron chi connectivity index (χ0n) is 6.42. The van der Waals surface area contributed by atoms with E-state index in [-0.39, 0.29) is 6.58 Å². The van der Waals surface area contributed by atoms with Crippen LogP contribution in [0.4, 0.5) is 0 Å². The molecule has 1 aliphatic heterocycles. The quantitative estimate of drug-likeness (QED) is 0.513. The van der Waals surface area contributed by atoms with E-state index in [2.05, 4.69) is 6.58 Å². The van der Waals surface area contributed by atoms with Crippen molar-refractivity contribution in [1.29, 1.82) is 0 Å². The first kappa shape index (κ1) is 5.10. The predicted octanol–water partition coefficient (Wildman–Crippen LogP) is 2.11. The van der Waals surface area contributed by atoms with Gasteiger partial charge in [0.05, 0.1) is 14.2 Å². The van der Waals surface area contributed by atoms with Gasteiger partial charge in [-0.05, 0) is 24.8 Å². The van der Waals surface area contributed by atoms with Gasteiger partial charge >= 0.3 is 0 Å². The Labute approximate surface area is 57.4 Å². The van der Waals surface area contributed by atoms with Crippen molar-refractivity contribution in [2.45, 2.75) is 12.8 Å². The minimum Gasteiger partial charge on any atom is -0.501 e. The fourth-order valence-electron chi connectivity index (χ4n) is 0.864. The molecule has 0 spiro atoms. The average molecular weight is 125 g/mol. The molecular formula is C8H12O. The SMILES string of the molecule is [2H]C1OC=CCC1CC=C. The normalized spacial score (nSPS) is 34.9. The van der Waals surface area contributed by atoms with Crippen LogP contribution in [0.15, 0.2) is 25.0 Å². The highest BCUT2D eigenvalue weighted by Gasteiger charge is 2.07. The Morgan fingerprint density at radius 2 is 2.89 bits per heavy atom. The van der Waals surface area contributed by atoms with Crippen molar-refractivity contribution in [2.75, 3.05) is 6.58 Å². The first-order valence-electron chi connectivity index (χ1n) is 3.76. The first-order chi connectivity index (χ1) is 4.84. The van der Waals surface area contributed by atoms with E-state index in [4.69, 9.17) is 6.11 Å². The fourth-order valence-corrected chi connectivity index (χ4v) is 0.864. The molecule has 1 aliphatic rings. The number of hydrogen-bond acceptors (Lipinski definition) is 1. The van der Waals surface area contributed by atoms with Crippen molar-refractivity contribution < 1.29 is 6.11 Å². The van der Waals surface area contributed by atoms with E-state index in [0.717, 1.165) is 12.8 Å². The highest BCUT2D eigenvalue weighted by atomic mass is 16.5. The number of rotatable bonds is 2. The Kier molecular flexibility index (Phi) is 1.89. The molecule has 0 aliphatic carbocycles. The van der Waals surface area contributed by atoms with Crippen LogP contribution in [0.1, 0.15) is 14.2 Å². The van der Waals surface area contributed by atoms with Gasteiger partial charge in [-0.1, -0.05) is 6.08 Å². The van der Waals surface area contributed by atoms with Crippen LogP contribution in [0, 0.1) is 5.92 Å². The van der Waals surface area contributed by atoms with Gasteiger partial charge in [-0.3, -0.25) is 0 Å².